The molecule has 1 aromatic heterocycles. The van der Waals surface area contributed by atoms with Gasteiger partial charge in [-0.25, -0.2) is 4.79 Å². The predicted molar refractivity (Wildman–Crippen MR) is 82.1 cm³/mol. The Hall–Kier alpha value is -1.89. The molecule has 2 aliphatic rings. The Balaban J connectivity index is 1.78. The Labute approximate surface area is 134 Å². The number of likely N-dealkylation sites (tertiary alicyclic amines) is 1. The summed E-state index contributed by atoms with van der Waals surface area (Å²) in [5.41, 5.74) is -0.443. The Morgan fingerprint density at radius 3 is 2.65 bits per heavy atom. The van der Waals surface area contributed by atoms with Crippen LogP contribution in [0.3, 0.4) is 0 Å². The molecule has 2 N–H and O–H groups in total. The number of nitrogens with zero attached hydrogens (tertiary/aromatic N) is 3. The van der Waals surface area contributed by atoms with Gasteiger partial charge in [-0.05, 0) is 31.7 Å². The molecule has 126 valence electrons. The first kappa shape index (κ1) is 16.0. The highest BCUT2D eigenvalue weighted by molar-refractivity contribution is 5.93. The number of hydrogen-bond acceptors (Lipinski definition) is 4. The van der Waals surface area contributed by atoms with Crippen LogP contribution in [0.25, 0.3) is 0 Å². The van der Waals surface area contributed by atoms with Crippen LogP contribution in [0, 0.1) is 0 Å². The van der Waals surface area contributed by atoms with E-state index in [2.05, 4.69) is 5.10 Å². The lowest BCUT2D eigenvalue weighted by molar-refractivity contribution is -0.163. The van der Waals surface area contributed by atoms with Crippen molar-refractivity contribution in [1.29, 1.82) is 0 Å². The van der Waals surface area contributed by atoms with Crippen LogP contribution in [-0.4, -0.2) is 55.5 Å². The van der Waals surface area contributed by atoms with E-state index in [4.69, 9.17) is 5.11 Å². The Morgan fingerprint density at radius 2 is 2.00 bits per heavy atom. The lowest BCUT2D eigenvalue weighted by Gasteiger charge is -2.36. The van der Waals surface area contributed by atoms with E-state index in [0.717, 1.165) is 18.5 Å². The van der Waals surface area contributed by atoms with E-state index in [1.54, 1.807) is 11.7 Å². The molecule has 7 heteroatoms. The van der Waals surface area contributed by atoms with E-state index in [-0.39, 0.29) is 18.9 Å². The number of aliphatic hydroxyl groups is 1. The number of carboxylic acid groups (broad SMARTS) is 1. The summed E-state index contributed by atoms with van der Waals surface area (Å²) in [5.74, 6) is -1.12. The van der Waals surface area contributed by atoms with Gasteiger partial charge in [-0.2, -0.15) is 5.10 Å². The number of carboxylic acids is 1. The van der Waals surface area contributed by atoms with Crippen molar-refractivity contribution < 1.29 is 19.8 Å². The summed E-state index contributed by atoms with van der Waals surface area (Å²) >= 11 is 0. The molecular formula is C16H23N3O4. The van der Waals surface area contributed by atoms with Crippen molar-refractivity contribution in [2.75, 3.05) is 13.1 Å². The van der Waals surface area contributed by atoms with Gasteiger partial charge >= 0.3 is 5.97 Å². The molecular weight excluding hydrogens is 298 g/mol. The van der Waals surface area contributed by atoms with Crippen molar-refractivity contribution in [2.45, 2.75) is 50.0 Å². The first-order chi connectivity index (χ1) is 10.9. The van der Waals surface area contributed by atoms with Gasteiger partial charge in [0.2, 0.25) is 0 Å². The van der Waals surface area contributed by atoms with E-state index in [9.17, 15) is 14.7 Å². The normalized spacial score (nSPS) is 25.7. The summed E-state index contributed by atoms with van der Waals surface area (Å²) in [6.45, 7) is 0.281. The zero-order valence-electron chi connectivity index (χ0n) is 13.4. The van der Waals surface area contributed by atoms with Crippen molar-refractivity contribution in [2.24, 2.45) is 7.05 Å². The fourth-order valence-corrected chi connectivity index (χ4v) is 3.66. The number of aliphatic carboxylic acids is 1. The topological polar surface area (TPSA) is 95.7 Å². The maximum absolute atomic E-state index is 12.7. The number of carbonyl (C=O) groups is 2. The number of carbonyl (C=O) groups excluding carboxylic acids is 1. The minimum atomic E-state index is -1.85. The zero-order chi connectivity index (χ0) is 16.6. The Kier molecular flexibility index (Phi) is 4.14. The first-order valence-corrected chi connectivity index (χ1v) is 8.20. The van der Waals surface area contributed by atoms with Gasteiger partial charge in [0.25, 0.3) is 5.91 Å². The number of rotatable bonds is 3. The summed E-state index contributed by atoms with van der Waals surface area (Å²) in [5, 5.41) is 23.8. The van der Waals surface area contributed by atoms with Gasteiger partial charge in [0.05, 0.1) is 12.2 Å². The predicted octanol–water partition coefficient (Wildman–Crippen LogP) is 1.13. The number of amides is 1. The molecule has 1 saturated carbocycles. The maximum atomic E-state index is 12.7. The molecule has 0 bridgehead atoms. The van der Waals surface area contributed by atoms with Crippen LogP contribution in [0.15, 0.2) is 6.07 Å². The third kappa shape index (κ3) is 2.97. The molecule has 1 atom stereocenters. The van der Waals surface area contributed by atoms with Gasteiger partial charge in [-0.3, -0.25) is 9.48 Å². The molecule has 1 aromatic rings. The van der Waals surface area contributed by atoms with E-state index in [0.29, 0.717) is 24.6 Å². The molecule has 2 heterocycles. The molecule has 1 saturated heterocycles. The number of β-amino-alcohol motifs (C(OH)–C–C–N with tert-alkyl or cyclic N) is 1. The van der Waals surface area contributed by atoms with Crippen molar-refractivity contribution in [3.8, 4) is 0 Å². The second-order valence-corrected chi connectivity index (χ2v) is 6.73. The molecule has 1 aliphatic heterocycles. The van der Waals surface area contributed by atoms with E-state index in [1.807, 2.05) is 6.07 Å². The summed E-state index contributed by atoms with van der Waals surface area (Å²) < 4.78 is 1.57. The fourth-order valence-electron chi connectivity index (χ4n) is 3.66. The molecule has 23 heavy (non-hydrogen) atoms. The number of aromatic nitrogens is 2. The summed E-state index contributed by atoms with van der Waals surface area (Å²) in [4.78, 5) is 25.4. The largest absolute Gasteiger partial charge is 0.479 e. The number of piperidine rings is 1. The quantitative estimate of drug-likeness (QED) is 0.870. The Morgan fingerprint density at radius 1 is 1.30 bits per heavy atom. The molecule has 7 nitrogen and oxygen atoms in total. The van der Waals surface area contributed by atoms with E-state index >= 15 is 0 Å². The zero-order valence-corrected chi connectivity index (χ0v) is 13.4. The van der Waals surface area contributed by atoms with Gasteiger partial charge in [0.15, 0.2) is 5.60 Å². The minimum Gasteiger partial charge on any atom is -0.479 e. The minimum absolute atomic E-state index is 0.171. The highest BCUT2D eigenvalue weighted by atomic mass is 16.4. The number of aryl methyl sites for hydroxylation is 1. The number of hydrogen-bond donors (Lipinski definition) is 2. The van der Waals surface area contributed by atoms with Crippen LogP contribution in [0.2, 0.25) is 0 Å². The maximum Gasteiger partial charge on any atom is 0.337 e. The fraction of sp³-hybridized carbons (Fsp3) is 0.688. The van der Waals surface area contributed by atoms with E-state index < -0.39 is 11.6 Å². The SMILES string of the molecule is Cn1nc(C2CCCC2)cc1C(=O)N1CCCC(O)(C(=O)O)C1. The van der Waals surface area contributed by atoms with Crippen LogP contribution in [0.1, 0.15) is 60.6 Å². The van der Waals surface area contributed by atoms with Crippen LogP contribution in [0.5, 0.6) is 0 Å². The Bertz CT molecular complexity index is 621. The van der Waals surface area contributed by atoms with Crippen LogP contribution in [0.4, 0.5) is 0 Å². The molecule has 0 radical (unpaired) electrons. The lowest BCUT2D eigenvalue weighted by atomic mass is 9.93. The standard InChI is InChI=1S/C16H23N3O4/c1-18-13(9-12(17-18)11-5-2-3-6-11)14(20)19-8-4-7-16(23,10-19)15(21)22/h9,11,23H,2-8,10H2,1H3,(H,21,22). The summed E-state index contributed by atoms with van der Waals surface area (Å²) in [7, 11) is 1.74. The molecule has 0 spiro atoms. The van der Waals surface area contributed by atoms with Crippen molar-refractivity contribution in [3.63, 3.8) is 0 Å². The average molecular weight is 321 g/mol. The molecule has 1 aliphatic carbocycles. The molecule has 1 unspecified atom stereocenters. The highest BCUT2D eigenvalue weighted by Gasteiger charge is 2.42. The summed E-state index contributed by atoms with van der Waals surface area (Å²) in [6.07, 6.45) is 5.25. The third-order valence-corrected chi connectivity index (χ3v) is 5.05. The second-order valence-electron chi connectivity index (χ2n) is 6.73. The molecule has 2 fully saturated rings. The van der Waals surface area contributed by atoms with Gasteiger partial charge < -0.3 is 15.1 Å². The molecule has 0 aromatic carbocycles. The smallest absolute Gasteiger partial charge is 0.337 e. The van der Waals surface area contributed by atoms with Crippen molar-refractivity contribution >= 4 is 11.9 Å². The van der Waals surface area contributed by atoms with Crippen LogP contribution in [-0.2, 0) is 11.8 Å². The monoisotopic (exact) mass is 321 g/mol. The van der Waals surface area contributed by atoms with E-state index in [1.165, 1.54) is 17.7 Å². The van der Waals surface area contributed by atoms with Gasteiger partial charge in [-0.1, -0.05) is 12.8 Å². The molecule has 1 amide bonds. The molecule has 3 rings (SSSR count). The van der Waals surface area contributed by atoms with Crippen LogP contribution >= 0.6 is 0 Å². The van der Waals surface area contributed by atoms with Crippen LogP contribution < -0.4 is 0 Å². The first-order valence-electron chi connectivity index (χ1n) is 8.20. The van der Waals surface area contributed by atoms with Gasteiger partial charge in [0.1, 0.15) is 5.69 Å². The van der Waals surface area contributed by atoms with Gasteiger partial charge in [0, 0.05) is 19.5 Å². The summed E-state index contributed by atoms with van der Waals surface area (Å²) in [6, 6.07) is 1.83. The second kappa shape index (κ2) is 5.96. The lowest BCUT2D eigenvalue weighted by Crippen LogP contribution is -2.54. The average Bonchev–Trinajstić information content (AvgIpc) is 3.15. The van der Waals surface area contributed by atoms with Crippen molar-refractivity contribution in [3.05, 3.63) is 17.5 Å². The highest BCUT2D eigenvalue weighted by Crippen LogP contribution is 2.33. The third-order valence-electron chi connectivity index (χ3n) is 5.05. The van der Waals surface area contributed by atoms with Gasteiger partial charge in [-0.15, -0.1) is 0 Å². The van der Waals surface area contributed by atoms with Crippen molar-refractivity contribution in [1.82, 2.24) is 14.7 Å².